The molecule has 248 valence electrons. The van der Waals surface area contributed by atoms with Gasteiger partial charge in [-0.2, -0.15) is 0 Å². The quantitative estimate of drug-likeness (QED) is 0.203. The molecule has 9 heteroatoms. The number of imide groups is 2. The predicted octanol–water partition coefficient (Wildman–Crippen LogP) is 5.00. The van der Waals surface area contributed by atoms with Crippen molar-refractivity contribution < 1.29 is 28.7 Å². The third-order valence-electron chi connectivity index (χ3n) is 10.6. The van der Waals surface area contributed by atoms with Crippen molar-refractivity contribution in [3.8, 4) is 0 Å². The third kappa shape index (κ3) is 4.46. The number of methoxy groups -OCH3 is 1. The van der Waals surface area contributed by atoms with E-state index in [0.29, 0.717) is 11.4 Å². The number of amides is 4. The lowest BCUT2D eigenvalue weighted by molar-refractivity contribution is -0.162. The predicted molar refractivity (Wildman–Crippen MR) is 187 cm³/mol. The molecular formula is C41H33N3O6. The van der Waals surface area contributed by atoms with Gasteiger partial charge in [-0.3, -0.25) is 24.1 Å². The van der Waals surface area contributed by atoms with Crippen molar-refractivity contribution in [2.45, 2.75) is 17.6 Å². The first-order valence-corrected chi connectivity index (χ1v) is 16.6. The van der Waals surface area contributed by atoms with E-state index >= 15 is 0 Å². The van der Waals surface area contributed by atoms with Crippen LogP contribution in [0.2, 0.25) is 0 Å². The summed E-state index contributed by atoms with van der Waals surface area (Å²) in [5, 5.41) is 0. The number of fused-ring (bicyclic) bond motifs is 5. The van der Waals surface area contributed by atoms with Crippen LogP contribution >= 0.6 is 0 Å². The van der Waals surface area contributed by atoms with Gasteiger partial charge in [0.05, 0.1) is 42.2 Å². The Hall–Kier alpha value is -5.93. The van der Waals surface area contributed by atoms with Gasteiger partial charge in [-0.05, 0) is 35.4 Å². The van der Waals surface area contributed by atoms with Crippen LogP contribution in [0.5, 0.6) is 0 Å². The van der Waals surface area contributed by atoms with Crippen LogP contribution in [0, 0.1) is 23.7 Å². The van der Waals surface area contributed by atoms with Gasteiger partial charge < -0.3 is 4.74 Å². The maximum absolute atomic E-state index is 14.8. The van der Waals surface area contributed by atoms with Crippen molar-refractivity contribution in [2.24, 2.45) is 23.7 Å². The molecule has 4 fully saturated rings. The van der Waals surface area contributed by atoms with E-state index in [-0.39, 0.29) is 0 Å². The van der Waals surface area contributed by atoms with Gasteiger partial charge in [0.2, 0.25) is 23.6 Å². The zero-order valence-corrected chi connectivity index (χ0v) is 27.1. The van der Waals surface area contributed by atoms with Gasteiger partial charge in [0, 0.05) is 12.1 Å². The number of rotatable bonds is 7. The molecule has 0 spiro atoms. The second-order valence-electron chi connectivity index (χ2n) is 12.9. The molecule has 4 amide bonds. The number of ether oxygens (including phenoxy) is 1. The Bertz CT molecular complexity index is 1910. The fourth-order valence-electron chi connectivity index (χ4n) is 8.71. The average Bonchev–Trinajstić information content (AvgIpc) is 3.80. The number of benzene rings is 4. The molecule has 9 nitrogen and oxygen atoms in total. The molecule has 0 bridgehead atoms. The van der Waals surface area contributed by atoms with Crippen molar-refractivity contribution in [3.05, 3.63) is 145 Å². The number of esters is 1. The Morgan fingerprint density at radius 2 is 0.920 bits per heavy atom. The van der Waals surface area contributed by atoms with Crippen LogP contribution < -0.4 is 9.80 Å². The Balaban J connectivity index is 1.38. The highest BCUT2D eigenvalue weighted by Crippen LogP contribution is 2.63. The zero-order chi connectivity index (χ0) is 34.6. The van der Waals surface area contributed by atoms with Crippen LogP contribution in [0.3, 0.4) is 0 Å². The SMILES string of the molecule is COC(=O)C12[C@H]3C(=O)N(c4ccccc4)C(=O)[C@H]3[C@@H](/C=C/c3ccccc3)N1[C@H](/C=C/c1ccccc1)[C@@H]1C(=O)N(c3ccccc3)C(=O)[C@@H]12. The van der Waals surface area contributed by atoms with E-state index in [1.807, 2.05) is 85.0 Å². The molecule has 4 aromatic rings. The number of carbonyl (C=O) groups excluding carboxylic acids is 5. The molecule has 8 rings (SSSR count). The smallest absolute Gasteiger partial charge is 0.328 e. The standard InChI is InChI=1S/C41H33N3O6/c1-50-40(49)41-34-32(36(45)42(38(34)47)28-18-10-4-11-19-28)30(24-22-26-14-6-2-7-15-26)44(41)31(25-23-27-16-8-3-9-17-27)33-35(41)39(48)43(37(33)46)29-20-12-5-13-21-29/h2-25,30-35H,1H3/b24-22+,25-23+/t30-,31-,32+,33+,34-,35-/m1/s1. The highest BCUT2D eigenvalue weighted by molar-refractivity contribution is 6.28. The summed E-state index contributed by atoms with van der Waals surface area (Å²) < 4.78 is 5.53. The van der Waals surface area contributed by atoms with E-state index in [2.05, 4.69) is 0 Å². The van der Waals surface area contributed by atoms with E-state index in [1.54, 1.807) is 65.6 Å². The number of anilines is 2. The van der Waals surface area contributed by atoms with Gasteiger partial charge in [-0.1, -0.05) is 121 Å². The lowest BCUT2D eigenvalue weighted by Gasteiger charge is -2.40. The van der Waals surface area contributed by atoms with Crippen LogP contribution in [0.15, 0.2) is 133 Å². The first-order chi connectivity index (χ1) is 24.4. The van der Waals surface area contributed by atoms with Gasteiger partial charge in [0.25, 0.3) is 0 Å². The van der Waals surface area contributed by atoms with E-state index in [1.165, 1.54) is 7.11 Å². The maximum Gasteiger partial charge on any atom is 0.328 e. The average molecular weight is 664 g/mol. The Labute approximate surface area is 289 Å². The molecule has 4 aliphatic rings. The van der Waals surface area contributed by atoms with Crippen molar-refractivity contribution in [2.75, 3.05) is 16.9 Å². The number of carbonyl (C=O) groups is 5. The number of nitrogens with zero attached hydrogens (tertiary/aromatic N) is 3. The summed E-state index contributed by atoms with van der Waals surface area (Å²) in [5.41, 5.74) is 0.436. The van der Waals surface area contributed by atoms with E-state index < -0.39 is 70.9 Å². The second kappa shape index (κ2) is 12.2. The summed E-state index contributed by atoms with van der Waals surface area (Å²) >= 11 is 0. The van der Waals surface area contributed by atoms with Gasteiger partial charge in [-0.25, -0.2) is 14.6 Å². The molecule has 6 atom stereocenters. The summed E-state index contributed by atoms with van der Waals surface area (Å²) in [6.45, 7) is 0. The molecule has 0 aromatic heterocycles. The minimum absolute atomic E-state index is 0.365. The molecule has 4 aromatic carbocycles. The van der Waals surface area contributed by atoms with E-state index in [9.17, 15) is 24.0 Å². The molecule has 4 heterocycles. The lowest BCUT2D eigenvalue weighted by atomic mass is 9.70. The molecule has 50 heavy (non-hydrogen) atoms. The monoisotopic (exact) mass is 663 g/mol. The van der Waals surface area contributed by atoms with Gasteiger partial charge in [0.1, 0.15) is 5.54 Å². The fraction of sp³-hybridized carbons (Fsp3) is 0.195. The molecule has 0 N–H and O–H groups in total. The lowest BCUT2D eigenvalue weighted by Crippen LogP contribution is -2.62. The first kappa shape index (κ1) is 31.3. The Morgan fingerprint density at radius 3 is 1.28 bits per heavy atom. The van der Waals surface area contributed by atoms with Crippen molar-refractivity contribution in [1.82, 2.24) is 4.90 Å². The van der Waals surface area contributed by atoms with Crippen LogP contribution in [0.4, 0.5) is 11.4 Å². The highest BCUT2D eigenvalue weighted by Gasteiger charge is 2.83. The Kier molecular flexibility index (Phi) is 7.64. The van der Waals surface area contributed by atoms with E-state index in [0.717, 1.165) is 20.9 Å². The van der Waals surface area contributed by atoms with Crippen molar-refractivity contribution in [3.63, 3.8) is 0 Å². The molecule has 4 saturated heterocycles. The normalized spacial score (nSPS) is 27.0. The Morgan fingerprint density at radius 1 is 0.560 bits per heavy atom. The summed E-state index contributed by atoms with van der Waals surface area (Å²) in [4.78, 5) is 77.6. The fourth-order valence-corrected chi connectivity index (χ4v) is 8.71. The zero-order valence-electron chi connectivity index (χ0n) is 27.1. The van der Waals surface area contributed by atoms with Crippen LogP contribution in [-0.4, -0.2) is 59.2 Å². The number of para-hydroxylation sites is 2. The second-order valence-corrected chi connectivity index (χ2v) is 12.9. The topological polar surface area (TPSA) is 104 Å². The molecule has 0 unspecified atom stereocenters. The van der Waals surface area contributed by atoms with Crippen molar-refractivity contribution in [1.29, 1.82) is 0 Å². The summed E-state index contributed by atoms with van der Waals surface area (Å²) in [5.74, 6) is -7.75. The summed E-state index contributed by atoms with van der Waals surface area (Å²) in [6, 6.07) is 34.4. The largest absolute Gasteiger partial charge is 0.468 e. The molecular weight excluding hydrogens is 630 g/mol. The van der Waals surface area contributed by atoms with Crippen molar-refractivity contribution >= 4 is 53.1 Å². The first-order valence-electron chi connectivity index (χ1n) is 16.6. The molecule has 4 aliphatic heterocycles. The third-order valence-corrected chi connectivity index (χ3v) is 10.6. The van der Waals surface area contributed by atoms with Crippen LogP contribution in [0.25, 0.3) is 12.2 Å². The molecule has 0 aliphatic carbocycles. The number of hydrogen-bond donors (Lipinski definition) is 0. The van der Waals surface area contributed by atoms with Crippen LogP contribution in [-0.2, 0) is 28.7 Å². The number of hydrogen-bond acceptors (Lipinski definition) is 7. The minimum atomic E-state index is -1.98. The summed E-state index contributed by atoms with van der Waals surface area (Å²) in [7, 11) is 1.21. The van der Waals surface area contributed by atoms with E-state index in [4.69, 9.17) is 4.74 Å². The van der Waals surface area contributed by atoms with Gasteiger partial charge in [0.15, 0.2) is 0 Å². The highest BCUT2D eigenvalue weighted by atomic mass is 16.5. The maximum atomic E-state index is 14.8. The molecule has 0 saturated carbocycles. The van der Waals surface area contributed by atoms with Gasteiger partial charge >= 0.3 is 5.97 Å². The van der Waals surface area contributed by atoms with Gasteiger partial charge in [-0.15, -0.1) is 0 Å². The molecule has 0 radical (unpaired) electrons. The summed E-state index contributed by atoms with van der Waals surface area (Å²) in [6.07, 6.45) is 7.35. The van der Waals surface area contributed by atoms with Crippen LogP contribution in [0.1, 0.15) is 11.1 Å². The minimum Gasteiger partial charge on any atom is -0.468 e.